The van der Waals surface area contributed by atoms with Gasteiger partial charge in [0.25, 0.3) is 17.7 Å². The van der Waals surface area contributed by atoms with Gasteiger partial charge in [-0.25, -0.2) is 0 Å². The molecule has 1 N–H and O–H groups in total. The lowest BCUT2D eigenvalue weighted by Gasteiger charge is -2.29. The summed E-state index contributed by atoms with van der Waals surface area (Å²) in [6, 6.07) is 9.65. The molecule has 0 unspecified atom stereocenters. The maximum absolute atomic E-state index is 12.9. The van der Waals surface area contributed by atoms with E-state index in [2.05, 4.69) is 5.32 Å². The number of anilines is 1. The van der Waals surface area contributed by atoms with Gasteiger partial charge in [-0.2, -0.15) is 0 Å². The third kappa shape index (κ3) is 3.63. The Hall–Kier alpha value is -3.35. The van der Waals surface area contributed by atoms with Gasteiger partial charge in [-0.1, -0.05) is 19.3 Å². The molecule has 0 aromatic heterocycles. The molecule has 0 saturated heterocycles. The average Bonchev–Trinajstić information content (AvgIpc) is 3.03. The molecule has 1 saturated carbocycles. The highest BCUT2D eigenvalue weighted by atomic mass is 16.5. The van der Waals surface area contributed by atoms with Crippen molar-refractivity contribution in [3.05, 3.63) is 53.1 Å². The molecule has 7 nitrogen and oxygen atoms in total. The van der Waals surface area contributed by atoms with Gasteiger partial charge in [0.15, 0.2) is 0 Å². The summed E-state index contributed by atoms with van der Waals surface area (Å²) in [6.45, 7) is 0. The van der Waals surface area contributed by atoms with Crippen LogP contribution in [0.5, 0.6) is 11.5 Å². The molecule has 1 fully saturated rings. The number of amides is 3. The quantitative estimate of drug-likeness (QED) is 0.759. The van der Waals surface area contributed by atoms with E-state index in [1.54, 1.807) is 30.3 Å². The van der Waals surface area contributed by atoms with E-state index in [4.69, 9.17) is 9.47 Å². The summed E-state index contributed by atoms with van der Waals surface area (Å²) in [6.07, 6.45) is 4.87. The number of fused-ring (bicyclic) bond motifs is 1. The molecule has 3 amide bonds. The number of carbonyl (C=O) groups excluding carboxylic acids is 3. The fourth-order valence-corrected chi connectivity index (χ4v) is 4.15. The first-order chi connectivity index (χ1) is 14.5. The molecule has 2 aromatic carbocycles. The van der Waals surface area contributed by atoms with E-state index in [0.29, 0.717) is 33.9 Å². The number of hydrogen-bond donors (Lipinski definition) is 1. The van der Waals surface area contributed by atoms with Crippen molar-refractivity contribution in [2.45, 2.75) is 38.1 Å². The smallest absolute Gasteiger partial charge is 0.261 e. The predicted octanol–water partition coefficient (Wildman–Crippen LogP) is 3.88. The number of ether oxygens (including phenoxy) is 2. The van der Waals surface area contributed by atoms with E-state index in [-0.39, 0.29) is 23.8 Å². The molecule has 1 aliphatic heterocycles. The highest BCUT2D eigenvalue weighted by Crippen LogP contribution is 2.32. The lowest BCUT2D eigenvalue weighted by atomic mass is 9.94. The van der Waals surface area contributed by atoms with Gasteiger partial charge in [-0.15, -0.1) is 0 Å². The number of nitrogens with one attached hydrogen (secondary N) is 1. The fraction of sp³-hybridized carbons (Fsp3) is 0.348. The van der Waals surface area contributed by atoms with E-state index in [9.17, 15) is 14.4 Å². The molecule has 0 spiro atoms. The molecule has 156 valence electrons. The topological polar surface area (TPSA) is 84.9 Å². The number of carbonyl (C=O) groups is 3. The number of benzene rings is 2. The molecule has 4 rings (SSSR count). The molecular weight excluding hydrogens is 384 g/mol. The van der Waals surface area contributed by atoms with Gasteiger partial charge in [0.2, 0.25) is 0 Å². The Morgan fingerprint density at radius 2 is 1.53 bits per heavy atom. The van der Waals surface area contributed by atoms with Crippen LogP contribution < -0.4 is 14.8 Å². The van der Waals surface area contributed by atoms with Gasteiger partial charge < -0.3 is 14.8 Å². The van der Waals surface area contributed by atoms with Crippen molar-refractivity contribution >= 4 is 23.4 Å². The number of nitrogens with zero attached hydrogens (tertiary/aromatic N) is 1. The minimum Gasteiger partial charge on any atom is -0.497 e. The average molecular weight is 408 g/mol. The molecule has 0 radical (unpaired) electrons. The van der Waals surface area contributed by atoms with Gasteiger partial charge in [-0.05, 0) is 31.0 Å². The van der Waals surface area contributed by atoms with Crippen LogP contribution in [0.2, 0.25) is 0 Å². The van der Waals surface area contributed by atoms with Crippen molar-refractivity contribution in [1.82, 2.24) is 4.90 Å². The maximum Gasteiger partial charge on any atom is 0.261 e. The second kappa shape index (κ2) is 8.18. The van der Waals surface area contributed by atoms with Crippen LogP contribution >= 0.6 is 0 Å². The molecule has 2 aliphatic rings. The van der Waals surface area contributed by atoms with Gasteiger partial charge in [0.05, 0.1) is 25.3 Å². The number of imide groups is 1. The Bertz CT molecular complexity index is 988. The summed E-state index contributed by atoms with van der Waals surface area (Å²) < 4.78 is 10.4. The van der Waals surface area contributed by atoms with Crippen LogP contribution in [0.25, 0.3) is 0 Å². The van der Waals surface area contributed by atoms with E-state index in [1.165, 1.54) is 25.2 Å². The zero-order valence-corrected chi connectivity index (χ0v) is 17.1. The van der Waals surface area contributed by atoms with E-state index >= 15 is 0 Å². The molecule has 1 heterocycles. The van der Waals surface area contributed by atoms with Crippen LogP contribution in [0.4, 0.5) is 5.69 Å². The Kier molecular flexibility index (Phi) is 5.44. The first-order valence-corrected chi connectivity index (χ1v) is 10.1. The van der Waals surface area contributed by atoms with Crippen LogP contribution in [-0.4, -0.2) is 42.9 Å². The SMILES string of the molecule is COc1cc(NC(=O)c2ccc3c(c2)C(=O)N(C2CCCCC2)C3=O)cc(OC)c1. The summed E-state index contributed by atoms with van der Waals surface area (Å²) in [4.78, 5) is 39.9. The third-order valence-electron chi connectivity index (χ3n) is 5.73. The highest BCUT2D eigenvalue weighted by Gasteiger charge is 2.40. The normalized spacial score (nSPS) is 16.4. The standard InChI is InChI=1S/C23H24N2O5/c1-29-17-11-15(12-18(13-17)30-2)24-21(26)14-8-9-19-20(10-14)23(28)25(22(19)27)16-6-4-3-5-7-16/h8-13,16H,3-7H2,1-2H3,(H,24,26). The first kappa shape index (κ1) is 19.9. The molecule has 2 aromatic rings. The molecule has 0 bridgehead atoms. The van der Waals surface area contributed by atoms with Crippen molar-refractivity contribution in [3.8, 4) is 11.5 Å². The van der Waals surface area contributed by atoms with Gasteiger partial charge in [0, 0.05) is 35.5 Å². The van der Waals surface area contributed by atoms with Gasteiger partial charge in [0.1, 0.15) is 11.5 Å². The number of rotatable bonds is 5. The predicted molar refractivity (Wildman–Crippen MR) is 111 cm³/mol. The van der Waals surface area contributed by atoms with E-state index < -0.39 is 0 Å². The Balaban J connectivity index is 1.57. The lowest BCUT2D eigenvalue weighted by Crippen LogP contribution is -2.40. The van der Waals surface area contributed by atoms with Crippen LogP contribution in [0, 0.1) is 0 Å². The van der Waals surface area contributed by atoms with E-state index in [1.807, 2.05) is 0 Å². The minimum atomic E-state index is -0.385. The van der Waals surface area contributed by atoms with Crippen molar-refractivity contribution in [1.29, 1.82) is 0 Å². The minimum absolute atomic E-state index is 0.0484. The van der Waals surface area contributed by atoms with Crippen molar-refractivity contribution < 1.29 is 23.9 Å². The monoisotopic (exact) mass is 408 g/mol. The second-order valence-electron chi connectivity index (χ2n) is 7.59. The lowest BCUT2D eigenvalue weighted by molar-refractivity contribution is 0.0549. The second-order valence-corrected chi connectivity index (χ2v) is 7.59. The Labute approximate surface area is 175 Å². The molecule has 0 atom stereocenters. The molecule has 7 heteroatoms. The van der Waals surface area contributed by atoms with Crippen molar-refractivity contribution in [2.75, 3.05) is 19.5 Å². The number of methoxy groups -OCH3 is 2. The summed E-state index contributed by atoms with van der Waals surface area (Å²) in [7, 11) is 3.06. The molecule has 1 aliphatic carbocycles. The highest BCUT2D eigenvalue weighted by molar-refractivity contribution is 6.22. The zero-order valence-electron chi connectivity index (χ0n) is 17.1. The molecular formula is C23H24N2O5. The third-order valence-corrected chi connectivity index (χ3v) is 5.73. The van der Waals surface area contributed by atoms with Crippen LogP contribution in [0.15, 0.2) is 36.4 Å². The van der Waals surface area contributed by atoms with Crippen LogP contribution in [0.3, 0.4) is 0 Å². The van der Waals surface area contributed by atoms with Crippen LogP contribution in [0.1, 0.15) is 63.2 Å². The largest absolute Gasteiger partial charge is 0.497 e. The Morgan fingerprint density at radius 1 is 0.900 bits per heavy atom. The molecule has 30 heavy (non-hydrogen) atoms. The zero-order chi connectivity index (χ0) is 21.3. The summed E-state index contributed by atoms with van der Waals surface area (Å²) in [5.74, 6) is 0.139. The summed E-state index contributed by atoms with van der Waals surface area (Å²) in [5, 5.41) is 2.79. The van der Waals surface area contributed by atoms with Crippen molar-refractivity contribution in [2.24, 2.45) is 0 Å². The number of hydrogen-bond acceptors (Lipinski definition) is 5. The summed E-state index contributed by atoms with van der Waals surface area (Å²) in [5.41, 5.74) is 1.47. The van der Waals surface area contributed by atoms with E-state index in [0.717, 1.165) is 32.1 Å². The van der Waals surface area contributed by atoms with Gasteiger partial charge >= 0.3 is 0 Å². The van der Waals surface area contributed by atoms with Crippen molar-refractivity contribution in [3.63, 3.8) is 0 Å². The van der Waals surface area contributed by atoms with Crippen LogP contribution in [-0.2, 0) is 0 Å². The Morgan fingerprint density at radius 3 is 2.17 bits per heavy atom. The summed E-state index contributed by atoms with van der Waals surface area (Å²) >= 11 is 0. The fourth-order valence-electron chi connectivity index (χ4n) is 4.15. The maximum atomic E-state index is 12.9. The first-order valence-electron chi connectivity index (χ1n) is 10.1. The van der Waals surface area contributed by atoms with Gasteiger partial charge in [-0.3, -0.25) is 19.3 Å².